The quantitative estimate of drug-likeness (QED) is 0.423. The highest BCUT2D eigenvalue weighted by molar-refractivity contribution is 7.61. The summed E-state index contributed by atoms with van der Waals surface area (Å²) in [7, 11) is -1.07. The number of rotatable bonds is 2. The van der Waals surface area contributed by atoms with E-state index in [2.05, 4.69) is 16.8 Å². The minimum Gasteiger partial charge on any atom is -0.329 e. The van der Waals surface area contributed by atoms with E-state index in [4.69, 9.17) is 0 Å². The third-order valence-corrected chi connectivity index (χ3v) is 2.06. The average Bonchev–Trinajstić information content (AvgIpc) is 1.67. The second-order valence-electron chi connectivity index (χ2n) is 1.42. The van der Waals surface area contributed by atoms with Crippen LogP contribution in [0.25, 0.3) is 0 Å². The first-order valence-corrected chi connectivity index (χ1v) is 4.26. The molecule has 46 valence electrons. The molecule has 1 unspecified atom stereocenters. The maximum absolute atomic E-state index is 10.8. The molecule has 0 aliphatic heterocycles. The van der Waals surface area contributed by atoms with E-state index in [-0.39, 0.29) is 0 Å². The van der Waals surface area contributed by atoms with E-state index in [0.29, 0.717) is 0 Å². The molecular formula is C5H9O2P. The molecule has 0 saturated heterocycles. The average molecular weight is 132 g/mol. The SMILES string of the molecule is C=C=CP(C)(=O)OC. The van der Waals surface area contributed by atoms with Crippen LogP contribution < -0.4 is 0 Å². The van der Waals surface area contributed by atoms with Crippen LogP contribution in [0.2, 0.25) is 0 Å². The first kappa shape index (κ1) is 7.71. The lowest BCUT2D eigenvalue weighted by atomic mass is 11.0. The highest BCUT2D eigenvalue weighted by Crippen LogP contribution is 2.42. The Kier molecular flexibility index (Phi) is 2.78. The van der Waals surface area contributed by atoms with E-state index in [1.807, 2.05) is 0 Å². The van der Waals surface area contributed by atoms with Crippen molar-refractivity contribution in [2.45, 2.75) is 0 Å². The minimum absolute atomic E-state index is 1.34. The lowest BCUT2D eigenvalue weighted by molar-refractivity contribution is 0.407. The van der Waals surface area contributed by atoms with Gasteiger partial charge in [0.2, 0.25) is 7.37 Å². The van der Waals surface area contributed by atoms with Crippen LogP contribution in [0.4, 0.5) is 0 Å². The van der Waals surface area contributed by atoms with Gasteiger partial charge in [0.15, 0.2) is 0 Å². The molecule has 0 bridgehead atoms. The maximum atomic E-state index is 10.8. The molecule has 0 radical (unpaired) electrons. The first-order chi connectivity index (χ1) is 3.62. The van der Waals surface area contributed by atoms with Gasteiger partial charge in [0, 0.05) is 19.6 Å². The largest absolute Gasteiger partial charge is 0.329 e. The second-order valence-corrected chi connectivity index (χ2v) is 3.87. The molecule has 0 saturated carbocycles. The van der Waals surface area contributed by atoms with Gasteiger partial charge in [0.05, 0.1) is 0 Å². The van der Waals surface area contributed by atoms with Crippen molar-refractivity contribution in [3.63, 3.8) is 0 Å². The molecular weight excluding hydrogens is 123 g/mol. The summed E-state index contributed by atoms with van der Waals surface area (Å²) >= 11 is 0. The Morgan fingerprint density at radius 1 is 1.88 bits per heavy atom. The summed E-state index contributed by atoms with van der Waals surface area (Å²) in [5, 5.41) is 0. The molecule has 0 aromatic carbocycles. The van der Waals surface area contributed by atoms with Crippen LogP contribution in [-0.4, -0.2) is 13.8 Å². The van der Waals surface area contributed by atoms with Gasteiger partial charge in [0.25, 0.3) is 0 Å². The third kappa shape index (κ3) is 2.81. The zero-order valence-electron chi connectivity index (χ0n) is 5.05. The van der Waals surface area contributed by atoms with Gasteiger partial charge >= 0.3 is 0 Å². The van der Waals surface area contributed by atoms with Crippen LogP contribution in [0, 0.1) is 0 Å². The Bertz CT molecular complexity index is 156. The lowest BCUT2D eigenvalue weighted by Crippen LogP contribution is -1.73. The van der Waals surface area contributed by atoms with Gasteiger partial charge < -0.3 is 4.52 Å². The fraction of sp³-hybridized carbons (Fsp3) is 0.400. The summed E-state index contributed by atoms with van der Waals surface area (Å²) in [5.41, 5.74) is 2.40. The third-order valence-electron chi connectivity index (χ3n) is 0.688. The number of hydrogen-bond donors (Lipinski definition) is 0. The van der Waals surface area contributed by atoms with Gasteiger partial charge in [-0.3, -0.25) is 4.57 Å². The van der Waals surface area contributed by atoms with E-state index >= 15 is 0 Å². The molecule has 2 nitrogen and oxygen atoms in total. The van der Waals surface area contributed by atoms with E-state index in [9.17, 15) is 4.57 Å². The molecule has 0 aromatic rings. The summed E-state index contributed by atoms with van der Waals surface area (Å²) in [4.78, 5) is 0. The Balaban J connectivity index is 4.14. The zero-order valence-corrected chi connectivity index (χ0v) is 5.94. The maximum Gasteiger partial charge on any atom is 0.229 e. The summed E-state index contributed by atoms with van der Waals surface area (Å²) < 4.78 is 15.4. The van der Waals surface area contributed by atoms with Crippen LogP contribution in [0.1, 0.15) is 0 Å². The van der Waals surface area contributed by atoms with Crippen LogP contribution >= 0.6 is 7.37 Å². The summed E-state index contributed by atoms with van der Waals surface area (Å²) in [5.74, 6) is 1.34. The minimum atomic E-state index is -2.47. The van der Waals surface area contributed by atoms with Crippen molar-refractivity contribution in [3.8, 4) is 0 Å². The Morgan fingerprint density at radius 2 is 2.38 bits per heavy atom. The molecule has 0 aromatic heterocycles. The van der Waals surface area contributed by atoms with Crippen molar-refractivity contribution in [1.82, 2.24) is 0 Å². The molecule has 3 heteroatoms. The van der Waals surface area contributed by atoms with Gasteiger partial charge in [-0.15, -0.1) is 5.73 Å². The summed E-state index contributed by atoms with van der Waals surface area (Å²) in [6.45, 7) is 4.77. The standard InChI is InChI=1S/C5H9O2P/c1-4-5-8(3,6)7-2/h5H,1H2,2-3H3. The van der Waals surface area contributed by atoms with Crippen molar-refractivity contribution in [2.24, 2.45) is 0 Å². The van der Waals surface area contributed by atoms with Gasteiger partial charge in [0.1, 0.15) is 0 Å². The predicted molar refractivity (Wildman–Crippen MR) is 34.2 cm³/mol. The molecule has 1 atom stereocenters. The number of hydrogen-bond acceptors (Lipinski definition) is 2. The summed E-state index contributed by atoms with van der Waals surface area (Å²) in [6.07, 6.45) is 0. The Labute approximate surface area is 49.3 Å². The van der Waals surface area contributed by atoms with Crippen LogP contribution in [0.15, 0.2) is 18.1 Å². The smallest absolute Gasteiger partial charge is 0.229 e. The fourth-order valence-corrected chi connectivity index (χ4v) is 0.656. The van der Waals surface area contributed by atoms with E-state index in [1.165, 1.54) is 19.6 Å². The topological polar surface area (TPSA) is 26.3 Å². The molecule has 0 heterocycles. The molecule has 0 amide bonds. The van der Waals surface area contributed by atoms with Gasteiger partial charge in [-0.1, -0.05) is 6.58 Å². The highest BCUT2D eigenvalue weighted by atomic mass is 31.2. The predicted octanol–water partition coefficient (Wildman–Crippen LogP) is 1.84. The van der Waals surface area contributed by atoms with Crippen LogP contribution in [0.3, 0.4) is 0 Å². The molecule has 0 fully saturated rings. The summed E-state index contributed by atoms with van der Waals surface area (Å²) in [6, 6.07) is 0. The normalized spacial score (nSPS) is 16.2. The Hall–Kier alpha value is -0.290. The van der Waals surface area contributed by atoms with Gasteiger partial charge in [-0.2, -0.15) is 0 Å². The zero-order chi connectivity index (χ0) is 6.62. The van der Waals surface area contributed by atoms with Crippen molar-refractivity contribution >= 4 is 7.37 Å². The molecule has 0 aliphatic rings. The molecule has 0 N–H and O–H groups in total. The fourth-order valence-electron chi connectivity index (χ4n) is 0.219. The van der Waals surface area contributed by atoms with Crippen molar-refractivity contribution in [3.05, 3.63) is 18.1 Å². The van der Waals surface area contributed by atoms with Gasteiger partial charge in [-0.25, -0.2) is 0 Å². The van der Waals surface area contributed by atoms with Gasteiger partial charge in [-0.05, 0) is 0 Å². The van der Waals surface area contributed by atoms with Crippen LogP contribution in [0.5, 0.6) is 0 Å². The van der Waals surface area contributed by atoms with E-state index in [0.717, 1.165) is 0 Å². The van der Waals surface area contributed by atoms with E-state index in [1.54, 1.807) is 0 Å². The van der Waals surface area contributed by atoms with Crippen LogP contribution in [-0.2, 0) is 9.09 Å². The second kappa shape index (κ2) is 2.88. The highest BCUT2D eigenvalue weighted by Gasteiger charge is 2.05. The molecule has 0 aliphatic carbocycles. The first-order valence-electron chi connectivity index (χ1n) is 2.12. The van der Waals surface area contributed by atoms with E-state index < -0.39 is 7.37 Å². The Morgan fingerprint density at radius 3 is 2.50 bits per heavy atom. The van der Waals surface area contributed by atoms with Crippen molar-refractivity contribution in [1.29, 1.82) is 0 Å². The molecule has 0 rings (SSSR count). The molecule has 8 heavy (non-hydrogen) atoms. The lowest BCUT2D eigenvalue weighted by Gasteiger charge is -1.99. The van der Waals surface area contributed by atoms with Crippen molar-refractivity contribution in [2.75, 3.05) is 13.8 Å². The van der Waals surface area contributed by atoms with Crippen molar-refractivity contribution < 1.29 is 9.09 Å². The molecule has 0 spiro atoms. The monoisotopic (exact) mass is 132 g/mol.